The predicted molar refractivity (Wildman–Crippen MR) is 192 cm³/mol. The molecule has 0 aromatic heterocycles. The molecule has 6 aromatic rings. The summed E-state index contributed by atoms with van der Waals surface area (Å²) in [5.74, 6) is -3.40. The Labute approximate surface area is 295 Å². The van der Waals surface area contributed by atoms with Crippen LogP contribution in [-0.4, -0.2) is 51.5 Å². The van der Waals surface area contributed by atoms with Gasteiger partial charge < -0.3 is 19.8 Å². The van der Waals surface area contributed by atoms with Gasteiger partial charge in [-0.15, -0.1) is 0 Å². The second-order valence-electron chi connectivity index (χ2n) is 10.0. The summed E-state index contributed by atoms with van der Waals surface area (Å²) in [5, 5.41) is 18.3. The molecule has 230 valence electrons. The summed E-state index contributed by atoms with van der Waals surface area (Å²) in [5.41, 5.74) is 0. The van der Waals surface area contributed by atoms with Crippen LogP contribution in [0.15, 0.2) is 193 Å². The molecular formula is C40H31ClO4Sn2. The Morgan fingerprint density at radius 1 is 0.404 bits per heavy atom. The van der Waals surface area contributed by atoms with Gasteiger partial charge in [-0.3, -0.25) is 0 Å². The summed E-state index contributed by atoms with van der Waals surface area (Å²) in [6.07, 6.45) is 0.233. The van der Waals surface area contributed by atoms with Crippen molar-refractivity contribution >= 4 is 84.5 Å². The molecule has 47 heavy (non-hydrogen) atoms. The molecular weight excluding hydrogens is 817 g/mol. The fraction of sp³-hybridized carbons (Fsp3) is 0. The molecule has 0 spiro atoms. The molecule has 6 rings (SSSR count). The van der Waals surface area contributed by atoms with Crippen molar-refractivity contribution < 1.29 is 19.8 Å². The van der Waals surface area contributed by atoms with E-state index in [1.54, 1.807) is 0 Å². The molecule has 0 aliphatic carbocycles. The first-order chi connectivity index (χ1) is 22.9. The fourth-order valence-electron chi connectivity index (χ4n) is 4.79. The van der Waals surface area contributed by atoms with Crippen LogP contribution in [0, 0.1) is 0 Å². The van der Waals surface area contributed by atoms with Crippen LogP contribution < -0.4 is 31.7 Å². The summed E-state index contributed by atoms with van der Waals surface area (Å²) in [6.45, 7) is 0. The molecule has 0 radical (unpaired) electrons. The van der Waals surface area contributed by atoms with Crippen LogP contribution in [0.5, 0.6) is 0 Å². The summed E-state index contributed by atoms with van der Waals surface area (Å²) >= 11 is 0.826. The summed E-state index contributed by atoms with van der Waals surface area (Å²) in [4.78, 5) is 19.2. The Kier molecular flexibility index (Phi) is 14.8. The van der Waals surface area contributed by atoms with Crippen molar-refractivity contribution in [1.29, 1.82) is 0 Å². The van der Waals surface area contributed by atoms with Gasteiger partial charge in [-0.25, -0.2) is 0 Å². The van der Waals surface area contributed by atoms with Gasteiger partial charge in [0.1, 0.15) is 0 Å². The molecule has 0 bridgehead atoms. The second kappa shape index (κ2) is 19.5. The third-order valence-electron chi connectivity index (χ3n) is 6.81. The number of halogens is 1. The zero-order chi connectivity index (χ0) is 33.3. The van der Waals surface area contributed by atoms with E-state index >= 15 is 0 Å². The fourth-order valence-corrected chi connectivity index (χ4v) is 19.6. The van der Waals surface area contributed by atoms with E-state index in [4.69, 9.17) is 11.6 Å². The summed E-state index contributed by atoms with van der Waals surface area (Å²) in [6, 6.07) is 65.9. The Balaban J connectivity index is 0.000000171. The van der Waals surface area contributed by atoms with Crippen LogP contribution >= 0.6 is 11.6 Å². The van der Waals surface area contributed by atoms with Crippen molar-refractivity contribution in [1.82, 2.24) is 0 Å². The number of aliphatic carboxylic acids is 2. The zero-order valence-corrected chi connectivity index (χ0v) is 31.9. The first-order valence-electron chi connectivity index (χ1n) is 14.8. The standard InChI is InChI=1S/6C6H5.C4H3ClO4.2Sn/c6*1-2-4-6-5-3-1;5-2(4(8)9)1-3(6)7;;/h6*1-5H;1H,(H,6,7)(H,8,9);;/q;;;;;;;2*+1/p-2/b;;;;;;2-1+;;. The van der Waals surface area contributed by atoms with Crippen LogP contribution in [0.3, 0.4) is 0 Å². The Hall–Kier alpha value is -4.11. The van der Waals surface area contributed by atoms with Gasteiger partial charge in [0.05, 0.1) is 17.0 Å². The number of carbonyl (C=O) groups excluding carboxylic acids is 2. The number of rotatable bonds is 8. The molecule has 0 atom stereocenters. The minimum atomic E-state index is -1.98. The van der Waals surface area contributed by atoms with Crippen molar-refractivity contribution in [2.45, 2.75) is 0 Å². The van der Waals surface area contributed by atoms with Gasteiger partial charge in [0, 0.05) is 0 Å². The first kappa shape index (κ1) is 35.7. The molecule has 4 nitrogen and oxygen atoms in total. The molecule has 0 amide bonds. The van der Waals surface area contributed by atoms with Crippen LogP contribution in [-0.2, 0) is 9.59 Å². The number of carboxylic acids is 2. The van der Waals surface area contributed by atoms with Gasteiger partial charge in [0.25, 0.3) is 0 Å². The van der Waals surface area contributed by atoms with E-state index in [0.29, 0.717) is 0 Å². The topological polar surface area (TPSA) is 80.3 Å². The van der Waals surface area contributed by atoms with E-state index in [1.165, 1.54) is 21.5 Å². The second-order valence-corrected chi connectivity index (χ2v) is 24.6. The third-order valence-corrected chi connectivity index (χ3v) is 22.7. The predicted octanol–water partition coefficient (Wildman–Crippen LogP) is 2.01. The van der Waals surface area contributed by atoms with Crippen molar-refractivity contribution in [2.24, 2.45) is 0 Å². The average Bonchev–Trinajstić information content (AvgIpc) is 3.12. The maximum absolute atomic E-state index is 9.63. The maximum atomic E-state index is 9.63. The van der Waals surface area contributed by atoms with E-state index in [2.05, 4.69) is 182 Å². The number of carbonyl (C=O) groups is 2. The van der Waals surface area contributed by atoms with Crippen LogP contribution in [0.25, 0.3) is 0 Å². The Bertz CT molecular complexity index is 1520. The van der Waals surface area contributed by atoms with E-state index in [0.717, 1.165) is 0 Å². The Morgan fingerprint density at radius 2 is 0.596 bits per heavy atom. The van der Waals surface area contributed by atoms with Crippen molar-refractivity contribution in [2.75, 3.05) is 0 Å². The summed E-state index contributed by atoms with van der Waals surface area (Å²) < 4.78 is 9.18. The van der Waals surface area contributed by atoms with E-state index < -0.39 is 56.5 Å². The van der Waals surface area contributed by atoms with Gasteiger partial charge >= 0.3 is 243 Å². The van der Waals surface area contributed by atoms with Crippen LogP contribution in [0.4, 0.5) is 0 Å². The average molecular weight is 849 g/mol. The van der Waals surface area contributed by atoms with Gasteiger partial charge in [-0.2, -0.15) is 0 Å². The van der Waals surface area contributed by atoms with Gasteiger partial charge in [0.2, 0.25) is 0 Å². The number of carboxylic acid groups (broad SMARTS) is 2. The number of hydrogen-bond donors (Lipinski definition) is 0. The third kappa shape index (κ3) is 11.6. The van der Waals surface area contributed by atoms with Crippen molar-refractivity contribution in [3.8, 4) is 0 Å². The molecule has 0 saturated heterocycles. The zero-order valence-electron chi connectivity index (χ0n) is 25.4. The quantitative estimate of drug-likeness (QED) is 0.174. The van der Waals surface area contributed by atoms with Gasteiger partial charge in [-0.05, 0) is 6.08 Å². The number of hydrogen-bond acceptors (Lipinski definition) is 4. The molecule has 6 aromatic carbocycles. The SMILES string of the molecule is O=C([O-])/C=C(/Cl)C(=O)[O-].c1cc[c]([Sn+]([c]2ccccc2)[c]2ccccc2)cc1.c1cc[c]([Sn+]([c]2ccccc2)[c]2ccccc2)cc1. The Morgan fingerprint density at radius 3 is 0.723 bits per heavy atom. The van der Waals surface area contributed by atoms with E-state index in [-0.39, 0.29) is 6.08 Å². The molecule has 0 heterocycles. The van der Waals surface area contributed by atoms with Crippen molar-refractivity contribution in [3.63, 3.8) is 0 Å². The first-order valence-corrected chi connectivity index (χ1v) is 23.7. The minimum absolute atomic E-state index is 0.233. The molecule has 7 heteroatoms. The normalized spacial score (nSPS) is 10.3. The number of benzene rings is 6. The molecule has 0 aliphatic heterocycles. The van der Waals surface area contributed by atoms with Gasteiger partial charge in [-0.1, -0.05) is 11.6 Å². The van der Waals surface area contributed by atoms with Crippen LogP contribution in [0.1, 0.15) is 0 Å². The molecule has 0 fully saturated rings. The van der Waals surface area contributed by atoms with Gasteiger partial charge in [0.15, 0.2) is 0 Å². The molecule has 0 N–H and O–H groups in total. The molecule has 0 unspecified atom stereocenters. The monoisotopic (exact) mass is 850 g/mol. The summed E-state index contributed by atoms with van der Waals surface area (Å²) in [7, 11) is 0. The molecule has 0 saturated carbocycles. The van der Waals surface area contributed by atoms with Crippen molar-refractivity contribution in [3.05, 3.63) is 193 Å². The van der Waals surface area contributed by atoms with Crippen LogP contribution in [0.2, 0.25) is 0 Å². The van der Waals surface area contributed by atoms with E-state index in [1.807, 2.05) is 0 Å². The van der Waals surface area contributed by atoms with E-state index in [9.17, 15) is 19.8 Å². The molecule has 0 aliphatic rings.